The first kappa shape index (κ1) is 21.8. The Kier molecular flexibility index (Phi) is 7.07. The minimum Gasteiger partial charge on any atom is -0.494 e. The van der Waals surface area contributed by atoms with Gasteiger partial charge < -0.3 is 10.1 Å². The molecule has 1 atom stereocenters. The number of anilines is 2. The number of amides is 3. The fourth-order valence-electron chi connectivity index (χ4n) is 3.21. The Labute approximate surface area is 180 Å². The molecule has 1 N–H and O–H groups in total. The maximum absolute atomic E-state index is 12.9. The van der Waals surface area contributed by atoms with Crippen LogP contribution in [0, 0.1) is 0 Å². The quantitative estimate of drug-likeness (QED) is 0.651. The monoisotopic (exact) mass is 429 g/mol. The molecule has 3 amide bonds. The summed E-state index contributed by atoms with van der Waals surface area (Å²) in [5.41, 5.74) is 1.11. The van der Waals surface area contributed by atoms with Crippen molar-refractivity contribution in [1.82, 2.24) is 4.90 Å². The number of ether oxygens (including phenoxy) is 1. The van der Waals surface area contributed by atoms with E-state index in [9.17, 15) is 14.4 Å². The molecule has 3 rings (SSSR count). The number of hydrogen-bond acceptors (Lipinski definition) is 5. The minimum atomic E-state index is -0.690. The zero-order chi connectivity index (χ0) is 21.7. The number of imide groups is 1. The topological polar surface area (TPSA) is 79.0 Å². The van der Waals surface area contributed by atoms with E-state index in [0.29, 0.717) is 28.8 Å². The van der Waals surface area contributed by atoms with Crippen molar-refractivity contribution in [3.63, 3.8) is 0 Å². The van der Waals surface area contributed by atoms with E-state index in [1.807, 2.05) is 6.92 Å². The molecule has 7 nitrogen and oxygen atoms in total. The lowest BCUT2D eigenvalue weighted by Gasteiger charge is -2.22. The largest absolute Gasteiger partial charge is 0.494 e. The standard InChI is InChI=1S/C22H24ClN3O4/c1-3-12-30-18-10-8-17(9-11-18)26-21(28)13-19(22(26)29)25(2)14-20(27)24-16-6-4-15(23)5-7-16/h4-11,19H,3,12-14H2,1-2H3,(H,24,27)/t19-/m1/s1. The third-order valence-electron chi connectivity index (χ3n) is 4.74. The van der Waals surface area contributed by atoms with Crippen LogP contribution in [0.15, 0.2) is 48.5 Å². The lowest BCUT2D eigenvalue weighted by atomic mass is 10.2. The maximum atomic E-state index is 12.9. The number of carbonyl (C=O) groups excluding carboxylic acids is 3. The summed E-state index contributed by atoms with van der Waals surface area (Å²) in [5, 5.41) is 3.33. The summed E-state index contributed by atoms with van der Waals surface area (Å²) in [5.74, 6) is -0.232. The van der Waals surface area contributed by atoms with Gasteiger partial charge in [0.15, 0.2) is 0 Å². The Morgan fingerprint density at radius 2 is 1.83 bits per heavy atom. The lowest BCUT2D eigenvalue weighted by Crippen LogP contribution is -2.43. The summed E-state index contributed by atoms with van der Waals surface area (Å²) < 4.78 is 5.54. The normalized spacial score (nSPS) is 16.3. The molecular weight excluding hydrogens is 406 g/mol. The van der Waals surface area contributed by atoms with Crippen LogP contribution in [0.1, 0.15) is 19.8 Å². The second-order valence-electron chi connectivity index (χ2n) is 7.10. The second-order valence-corrected chi connectivity index (χ2v) is 7.54. The average Bonchev–Trinajstić information content (AvgIpc) is 3.02. The van der Waals surface area contributed by atoms with Gasteiger partial charge in [0.1, 0.15) is 5.75 Å². The smallest absolute Gasteiger partial charge is 0.251 e. The van der Waals surface area contributed by atoms with Crippen LogP contribution in [-0.2, 0) is 14.4 Å². The van der Waals surface area contributed by atoms with Crippen LogP contribution in [0.4, 0.5) is 11.4 Å². The van der Waals surface area contributed by atoms with Gasteiger partial charge >= 0.3 is 0 Å². The van der Waals surface area contributed by atoms with Gasteiger partial charge in [0.25, 0.3) is 5.91 Å². The number of benzene rings is 2. The summed E-state index contributed by atoms with van der Waals surface area (Å²) in [6.07, 6.45) is 0.919. The zero-order valence-electron chi connectivity index (χ0n) is 16.9. The van der Waals surface area contributed by atoms with Crippen molar-refractivity contribution in [2.24, 2.45) is 0 Å². The van der Waals surface area contributed by atoms with Gasteiger partial charge in [-0.15, -0.1) is 0 Å². The van der Waals surface area contributed by atoms with E-state index in [4.69, 9.17) is 16.3 Å². The molecule has 0 unspecified atom stereocenters. The second kappa shape index (κ2) is 9.73. The van der Waals surface area contributed by atoms with Gasteiger partial charge in [-0.25, -0.2) is 4.90 Å². The number of nitrogens with zero attached hydrogens (tertiary/aromatic N) is 2. The molecule has 1 fully saturated rings. The fraction of sp³-hybridized carbons (Fsp3) is 0.318. The van der Waals surface area contributed by atoms with Crippen molar-refractivity contribution in [2.45, 2.75) is 25.8 Å². The molecule has 1 saturated heterocycles. The van der Waals surface area contributed by atoms with Crippen molar-refractivity contribution in [3.05, 3.63) is 53.6 Å². The van der Waals surface area contributed by atoms with E-state index in [2.05, 4.69) is 5.32 Å². The highest BCUT2D eigenvalue weighted by atomic mass is 35.5. The van der Waals surface area contributed by atoms with E-state index in [1.54, 1.807) is 60.5 Å². The SMILES string of the molecule is CCCOc1ccc(N2C(=O)C[C@@H](N(C)CC(=O)Nc3ccc(Cl)cc3)C2=O)cc1. The molecule has 2 aromatic rings. The number of rotatable bonds is 8. The first-order chi connectivity index (χ1) is 14.4. The van der Waals surface area contributed by atoms with Crippen LogP contribution in [0.5, 0.6) is 5.75 Å². The summed E-state index contributed by atoms with van der Waals surface area (Å²) in [6.45, 7) is 2.60. The highest BCUT2D eigenvalue weighted by Crippen LogP contribution is 2.27. The van der Waals surface area contributed by atoms with Crippen molar-refractivity contribution in [1.29, 1.82) is 0 Å². The van der Waals surface area contributed by atoms with Gasteiger partial charge in [0, 0.05) is 10.7 Å². The molecule has 0 bridgehead atoms. The molecule has 1 aliphatic heterocycles. The number of likely N-dealkylation sites (N-methyl/N-ethyl adjacent to an activating group) is 1. The number of hydrogen-bond donors (Lipinski definition) is 1. The van der Waals surface area contributed by atoms with Crippen LogP contribution in [0.25, 0.3) is 0 Å². The van der Waals surface area contributed by atoms with Crippen molar-refractivity contribution < 1.29 is 19.1 Å². The Balaban J connectivity index is 1.61. The van der Waals surface area contributed by atoms with Crippen LogP contribution in [0.3, 0.4) is 0 Å². The predicted octanol–water partition coefficient (Wildman–Crippen LogP) is 3.33. The third-order valence-corrected chi connectivity index (χ3v) is 5.00. The summed E-state index contributed by atoms with van der Waals surface area (Å²) in [6, 6.07) is 12.9. The summed E-state index contributed by atoms with van der Waals surface area (Å²) >= 11 is 5.84. The highest BCUT2D eigenvalue weighted by Gasteiger charge is 2.42. The maximum Gasteiger partial charge on any atom is 0.251 e. The van der Waals surface area contributed by atoms with Crippen molar-refractivity contribution >= 4 is 40.7 Å². The molecule has 0 spiro atoms. The predicted molar refractivity (Wildman–Crippen MR) is 116 cm³/mol. The Bertz CT molecular complexity index is 915. The van der Waals surface area contributed by atoms with E-state index in [0.717, 1.165) is 6.42 Å². The molecular formula is C22H24ClN3O4. The molecule has 1 heterocycles. The molecule has 0 saturated carbocycles. The van der Waals surface area contributed by atoms with Crippen molar-refractivity contribution in [2.75, 3.05) is 30.4 Å². The van der Waals surface area contributed by atoms with Gasteiger partial charge in [-0.3, -0.25) is 19.3 Å². The molecule has 2 aromatic carbocycles. The Morgan fingerprint density at radius 1 is 1.17 bits per heavy atom. The molecule has 158 valence electrons. The summed E-state index contributed by atoms with van der Waals surface area (Å²) in [4.78, 5) is 40.5. The van der Waals surface area contributed by atoms with E-state index < -0.39 is 6.04 Å². The first-order valence-electron chi connectivity index (χ1n) is 9.74. The van der Waals surface area contributed by atoms with Gasteiger partial charge in [0.2, 0.25) is 11.8 Å². The number of halogens is 1. The molecule has 0 radical (unpaired) electrons. The van der Waals surface area contributed by atoms with E-state index >= 15 is 0 Å². The van der Waals surface area contributed by atoms with Gasteiger partial charge in [-0.2, -0.15) is 0 Å². The molecule has 0 aliphatic carbocycles. The van der Waals surface area contributed by atoms with Gasteiger partial charge in [0.05, 0.1) is 31.3 Å². The summed E-state index contributed by atoms with van der Waals surface area (Å²) in [7, 11) is 1.66. The van der Waals surface area contributed by atoms with Crippen LogP contribution >= 0.6 is 11.6 Å². The van der Waals surface area contributed by atoms with Crippen LogP contribution < -0.4 is 15.0 Å². The molecule has 8 heteroatoms. The Hall–Kier alpha value is -2.90. The van der Waals surface area contributed by atoms with E-state index in [-0.39, 0.29) is 30.7 Å². The fourth-order valence-corrected chi connectivity index (χ4v) is 3.34. The van der Waals surface area contributed by atoms with Gasteiger partial charge in [-0.1, -0.05) is 18.5 Å². The van der Waals surface area contributed by atoms with Crippen molar-refractivity contribution in [3.8, 4) is 5.75 Å². The Morgan fingerprint density at radius 3 is 2.47 bits per heavy atom. The third kappa shape index (κ3) is 5.17. The lowest BCUT2D eigenvalue weighted by molar-refractivity contribution is -0.123. The molecule has 30 heavy (non-hydrogen) atoms. The number of nitrogens with one attached hydrogen (secondary N) is 1. The minimum absolute atomic E-state index is 0.0239. The van der Waals surface area contributed by atoms with Crippen LogP contribution in [0.2, 0.25) is 5.02 Å². The molecule has 0 aromatic heterocycles. The zero-order valence-corrected chi connectivity index (χ0v) is 17.7. The first-order valence-corrected chi connectivity index (χ1v) is 10.1. The van der Waals surface area contributed by atoms with Crippen LogP contribution in [-0.4, -0.2) is 48.9 Å². The average molecular weight is 430 g/mol. The molecule has 1 aliphatic rings. The van der Waals surface area contributed by atoms with E-state index in [1.165, 1.54) is 4.90 Å². The van der Waals surface area contributed by atoms with Gasteiger partial charge in [-0.05, 0) is 62.0 Å². The number of carbonyl (C=O) groups is 3. The highest BCUT2D eigenvalue weighted by molar-refractivity contribution is 6.30.